The van der Waals surface area contributed by atoms with Gasteiger partial charge in [-0.25, -0.2) is 0 Å². The number of rotatable bonds is 9. The van der Waals surface area contributed by atoms with E-state index in [1.807, 2.05) is 11.2 Å². The summed E-state index contributed by atoms with van der Waals surface area (Å²) in [5, 5.41) is 5.76. The second-order valence-corrected chi connectivity index (χ2v) is 8.93. The third-order valence-corrected chi connectivity index (χ3v) is 6.66. The number of thiophene rings is 1. The summed E-state index contributed by atoms with van der Waals surface area (Å²) in [5.41, 5.74) is 0.479. The second kappa shape index (κ2) is 9.94. The number of aromatic amines is 1. The van der Waals surface area contributed by atoms with Crippen LogP contribution < -0.4 is 9.47 Å². The summed E-state index contributed by atoms with van der Waals surface area (Å²) in [6, 6.07) is 4.47. The summed E-state index contributed by atoms with van der Waals surface area (Å²) < 4.78 is 50.3. The van der Waals surface area contributed by atoms with E-state index in [0.717, 1.165) is 40.8 Å². The van der Waals surface area contributed by atoms with Crippen molar-refractivity contribution in [2.45, 2.75) is 58.0 Å². The Bertz CT molecular complexity index is 1030. The van der Waals surface area contributed by atoms with Crippen LogP contribution in [0, 0.1) is 0 Å². The van der Waals surface area contributed by atoms with Crippen LogP contribution in [-0.2, 0) is 12.6 Å². The summed E-state index contributed by atoms with van der Waals surface area (Å²) in [4.78, 5) is 6.46. The van der Waals surface area contributed by atoms with E-state index in [2.05, 4.69) is 17.0 Å². The molecule has 0 unspecified atom stereocenters. The Kier molecular flexibility index (Phi) is 7.03. The molecule has 0 aromatic carbocycles. The van der Waals surface area contributed by atoms with E-state index in [4.69, 9.17) is 9.47 Å². The van der Waals surface area contributed by atoms with Gasteiger partial charge in [0.05, 0.1) is 15.4 Å². The quantitative estimate of drug-likeness (QED) is 0.350. The predicted molar refractivity (Wildman–Crippen MR) is 118 cm³/mol. The predicted octanol–water partition coefficient (Wildman–Crippen LogP) is 6.89. The zero-order valence-corrected chi connectivity index (χ0v) is 18.7. The molecule has 0 bridgehead atoms. The molecule has 3 aromatic rings. The van der Waals surface area contributed by atoms with Crippen LogP contribution in [0.4, 0.5) is 13.2 Å². The average Bonchev–Trinajstić information content (AvgIpc) is 3.42. The highest BCUT2D eigenvalue weighted by molar-refractivity contribution is 7.16. The molecule has 1 aliphatic rings. The van der Waals surface area contributed by atoms with E-state index in [9.17, 15) is 13.2 Å². The van der Waals surface area contributed by atoms with Gasteiger partial charge in [-0.2, -0.15) is 18.3 Å². The third kappa shape index (κ3) is 5.09. The van der Waals surface area contributed by atoms with Gasteiger partial charge in [0, 0.05) is 11.8 Å². The fraction of sp³-hybridized carbons (Fsp3) is 0.478. The van der Waals surface area contributed by atoms with Gasteiger partial charge >= 0.3 is 6.18 Å². The minimum absolute atomic E-state index is 0.153. The Hall–Kier alpha value is -2.55. The van der Waals surface area contributed by atoms with Crippen molar-refractivity contribution in [2.75, 3.05) is 13.2 Å². The first kappa shape index (κ1) is 22.6. The SMILES string of the molecule is CCCCCCCCc1sc(-c2ccc(-c3cc(C(F)(F)F)[nH]n3)nc2)c2c1OCCO2. The minimum atomic E-state index is -4.47. The number of nitrogens with one attached hydrogen (secondary N) is 1. The minimum Gasteiger partial charge on any atom is -0.485 e. The number of hydrogen-bond acceptors (Lipinski definition) is 5. The fourth-order valence-electron chi connectivity index (χ4n) is 3.71. The second-order valence-electron chi connectivity index (χ2n) is 7.82. The van der Waals surface area contributed by atoms with Crippen molar-refractivity contribution in [3.8, 4) is 33.3 Å². The molecule has 3 aromatic heterocycles. The normalized spacial score (nSPS) is 13.5. The molecule has 0 atom stereocenters. The van der Waals surface area contributed by atoms with Crippen LogP contribution in [0.1, 0.15) is 56.0 Å². The molecule has 0 fully saturated rings. The lowest BCUT2D eigenvalue weighted by atomic mass is 10.1. The zero-order valence-electron chi connectivity index (χ0n) is 17.9. The van der Waals surface area contributed by atoms with Crippen LogP contribution in [0.25, 0.3) is 21.8 Å². The Morgan fingerprint density at radius 3 is 2.44 bits per heavy atom. The van der Waals surface area contributed by atoms with Crippen molar-refractivity contribution in [3.05, 3.63) is 35.0 Å². The molecule has 172 valence electrons. The van der Waals surface area contributed by atoms with Gasteiger partial charge in [-0.05, 0) is 31.0 Å². The average molecular weight is 466 g/mol. The molecule has 1 N–H and O–H groups in total. The molecule has 0 spiro atoms. The molecule has 0 aliphatic carbocycles. The van der Waals surface area contributed by atoms with Crippen LogP contribution in [-0.4, -0.2) is 28.4 Å². The summed E-state index contributed by atoms with van der Waals surface area (Å²) in [5.74, 6) is 1.58. The molecular weight excluding hydrogens is 439 g/mol. The standard InChI is InChI=1S/C23H26F3N3O2S/c1-2-3-4-5-6-7-8-18-20-21(31-12-11-30-20)22(32-18)15-9-10-16(27-14-15)17-13-19(29-28-17)23(24,25)26/h9-10,13-14H,2-8,11-12H2,1H3,(H,28,29). The number of unbranched alkanes of at least 4 members (excludes halogenated alkanes) is 5. The fourth-order valence-corrected chi connectivity index (χ4v) is 4.93. The Morgan fingerprint density at radius 1 is 1.00 bits per heavy atom. The highest BCUT2D eigenvalue weighted by Crippen LogP contribution is 2.49. The molecule has 9 heteroatoms. The van der Waals surface area contributed by atoms with Gasteiger partial charge in [-0.3, -0.25) is 10.1 Å². The molecule has 1 aliphatic heterocycles. The highest BCUT2D eigenvalue weighted by atomic mass is 32.1. The van der Waals surface area contributed by atoms with E-state index < -0.39 is 11.9 Å². The van der Waals surface area contributed by atoms with Gasteiger partial charge in [-0.15, -0.1) is 11.3 Å². The van der Waals surface area contributed by atoms with Crippen molar-refractivity contribution in [1.29, 1.82) is 0 Å². The van der Waals surface area contributed by atoms with Crippen LogP contribution in [0.5, 0.6) is 11.5 Å². The smallest absolute Gasteiger partial charge is 0.432 e. The van der Waals surface area contributed by atoms with Gasteiger partial charge in [0.15, 0.2) is 11.5 Å². The van der Waals surface area contributed by atoms with Gasteiger partial charge in [0.2, 0.25) is 0 Å². The lowest BCUT2D eigenvalue weighted by molar-refractivity contribution is -0.141. The number of hydrogen-bond donors (Lipinski definition) is 1. The van der Waals surface area contributed by atoms with E-state index >= 15 is 0 Å². The van der Waals surface area contributed by atoms with Crippen molar-refractivity contribution in [3.63, 3.8) is 0 Å². The number of ether oxygens (including phenoxy) is 2. The topological polar surface area (TPSA) is 60.0 Å². The summed E-state index contributed by atoms with van der Waals surface area (Å²) in [6.45, 7) is 3.24. The Balaban J connectivity index is 1.50. The summed E-state index contributed by atoms with van der Waals surface area (Å²) >= 11 is 1.65. The van der Waals surface area contributed by atoms with Gasteiger partial charge in [0.1, 0.15) is 24.6 Å². The van der Waals surface area contributed by atoms with Crippen LogP contribution in [0.2, 0.25) is 0 Å². The molecule has 0 saturated carbocycles. The highest BCUT2D eigenvalue weighted by Gasteiger charge is 2.33. The Morgan fingerprint density at radius 2 is 1.75 bits per heavy atom. The molecule has 4 rings (SSSR count). The monoisotopic (exact) mass is 465 g/mol. The first-order valence-corrected chi connectivity index (χ1v) is 11.8. The maximum atomic E-state index is 12.8. The number of halogens is 3. The van der Waals surface area contributed by atoms with Crippen LogP contribution >= 0.6 is 11.3 Å². The van der Waals surface area contributed by atoms with Crippen molar-refractivity contribution in [2.24, 2.45) is 0 Å². The van der Waals surface area contributed by atoms with E-state index in [0.29, 0.717) is 18.9 Å². The first-order chi connectivity index (χ1) is 15.5. The number of nitrogens with zero attached hydrogens (tertiary/aromatic N) is 2. The van der Waals surface area contributed by atoms with Crippen molar-refractivity contribution >= 4 is 11.3 Å². The van der Waals surface area contributed by atoms with E-state index in [1.54, 1.807) is 23.6 Å². The van der Waals surface area contributed by atoms with Crippen LogP contribution in [0.3, 0.4) is 0 Å². The van der Waals surface area contributed by atoms with Gasteiger partial charge in [-0.1, -0.05) is 39.0 Å². The summed E-state index contributed by atoms with van der Waals surface area (Å²) in [7, 11) is 0. The zero-order chi connectivity index (χ0) is 22.6. The van der Waals surface area contributed by atoms with Crippen molar-refractivity contribution < 1.29 is 22.6 Å². The lowest BCUT2D eigenvalue weighted by Crippen LogP contribution is -2.15. The van der Waals surface area contributed by atoms with Gasteiger partial charge in [0.25, 0.3) is 0 Å². The first-order valence-electron chi connectivity index (χ1n) is 11.0. The molecule has 0 amide bonds. The summed E-state index contributed by atoms with van der Waals surface area (Å²) in [6.07, 6.45) is 5.49. The van der Waals surface area contributed by atoms with Crippen molar-refractivity contribution in [1.82, 2.24) is 15.2 Å². The number of H-pyrrole nitrogens is 1. The number of alkyl halides is 3. The maximum Gasteiger partial charge on any atom is 0.432 e. The molecule has 4 heterocycles. The molecule has 32 heavy (non-hydrogen) atoms. The molecule has 0 radical (unpaired) electrons. The number of aryl methyl sites for hydroxylation is 1. The van der Waals surface area contributed by atoms with E-state index in [1.165, 1.54) is 37.0 Å². The number of aromatic nitrogens is 3. The van der Waals surface area contributed by atoms with Crippen LogP contribution in [0.15, 0.2) is 24.4 Å². The lowest BCUT2D eigenvalue weighted by Gasteiger charge is -2.17. The maximum absolute atomic E-state index is 12.8. The Labute approximate surface area is 189 Å². The number of fused-ring (bicyclic) bond motifs is 1. The molecule has 0 saturated heterocycles. The largest absolute Gasteiger partial charge is 0.485 e. The number of pyridine rings is 1. The van der Waals surface area contributed by atoms with Gasteiger partial charge < -0.3 is 9.47 Å². The molecular formula is C23H26F3N3O2S. The third-order valence-electron chi connectivity index (χ3n) is 5.40. The van der Waals surface area contributed by atoms with E-state index in [-0.39, 0.29) is 5.69 Å². The molecule has 5 nitrogen and oxygen atoms in total.